The molecule has 0 N–H and O–H groups in total. The number of nitrogens with zero attached hydrogens (tertiary/aromatic N) is 1. The zero-order valence-corrected chi connectivity index (χ0v) is 14.3. The number of hydrogen-bond donors (Lipinski definition) is 0. The highest BCUT2D eigenvalue weighted by Crippen LogP contribution is 2.35. The largest absolute Gasteiger partial charge is 0.494 e. The molecule has 1 saturated heterocycles. The number of fused-ring (bicyclic) bond motifs is 2. The molecule has 4 rings (SSSR count). The Kier molecular flexibility index (Phi) is 4.55. The van der Waals surface area contributed by atoms with E-state index in [-0.39, 0.29) is 11.9 Å². The number of methoxy groups -OCH3 is 1. The third-order valence-corrected chi connectivity index (χ3v) is 5.07. The number of halogens is 1. The second-order valence-corrected chi connectivity index (χ2v) is 6.66. The van der Waals surface area contributed by atoms with Crippen LogP contribution in [0.15, 0.2) is 54.6 Å². The van der Waals surface area contributed by atoms with E-state index in [1.165, 1.54) is 24.3 Å². The van der Waals surface area contributed by atoms with E-state index in [9.17, 15) is 4.39 Å². The number of hydrogen-bond acceptors (Lipinski definition) is 3. The van der Waals surface area contributed by atoms with Crippen LogP contribution in [0.5, 0.6) is 5.75 Å². The summed E-state index contributed by atoms with van der Waals surface area (Å²) in [6.07, 6.45) is 3.17. The van der Waals surface area contributed by atoms with Gasteiger partial charge in [0.1, 0.15) is 0 Å². The Morgan fingerprint density at radius 1 is 1.16 bits per heavy atom. The lowest BCUT2D eigenvalue weighted by molar-refractivity contribution is -0.0402. The van der Waals surface area contributed by atoms with Crippen LogP contribution < -0.4 is 4.74 Å². The Morgan fingerprint density at radius 2 is 2.00 bits per heavy atom. The molecular weight excluding hydrogens is 317 g/mol. The van der Waals surface area contributed by atoms with Gasteiger partial charge in [-0.1, -0.05) is 42.5 Å². The average molecular weight is 339 g/mol. The molecule has 0 saturated carbocycles. The first-order valence-corrected chi connectivity index (χ1v) is 8.66. The van der Waals surface area contributed by atoms with E-state index < -0.39 is 0 Å². The van der Waals surface area contributed by atoms with Crippen molar-refractivity contribution in [1.82, 2.24) is 4.90 Å². The molecule has 3 nitrogen and oxygen atoms in total. The molecule has 0 aromatic heterocycles. The highest BCUT2D eigenvalue weighted by atomic mass is 19.1. The van der Waals surface area contributed by atoms with Gasteiger partial charge in [-0.25, -0.2) is 4.39 Å². The topological polar surface area (TPSA) is 21.7 Å². The first-order valence-electron chi connectivity index (χ1n) is 8.66. The van der Waals surface area contributed by atoms with E-state index in [4.69, 9.17) is 9.47 Å². The van der Waals surface area contributed by atoms with Crippen LogP contribution in [0.2, 0.25) is 0 Å². The molecule has 0 radical (unpaired) electrons. The smallest absolute Gasteiger partial charge is 0.165 e. The van der Waals surface area contributed by atoms with Gasteiger partial charge in [0.15, 0.2) is 11.6 Å². The number of benzene rings is 2. The van der Waals surface area contributed by atoms with Crippen LogP contribution >= 0.6 is 0 Å². The maximum atomic E-state index is 13.7. The maximum Gasteiger partial charge on any atom is 0.165 e. The second-order valence-electron chi connectivity index (χ2n) is 6.66. The van der Waals surface area contributed by atoms with Crippen LogP contribution in [-0.4, -0.2) is 37.3 Å². The summed E-state index contributed by atoms with van der Waals surface area (Å²) in [6, 6.07) is 16.3. The van der Waals surface area contributed by atoms with E-state index in [0.29, 0.717) is 18.4 Å². The summed E-state index contributed by atoms with van der Waals surface area (Å²) >= 11 is 0. The van der Waals surface area contributed by atoms with Crippen LogP contribution in [-0.2, 0) is 11.3 Å². The van der Waals surface area contributed by atoms with Gasteiger partial charge in [0, 0.05) is 12.6 Å². The summed E-state index contributed by atoms with van der Waals surface area (Å²) in [5, 5.41) is 0. The molecule has 0 aliphatic carbocycles. The Hall–Kier alpha value is -2.17. The van der Waals surface area contributed by atoms with Crippen molar-refractivity contribution < 1.29 is 13.9 Å². The number of ether oxygens (including phenoxy) is 2. The predicted octanol–water partition coefficient (Wildman–Crippen LogP) is 3.89. The van der Waals surface area contributed by atoms with E-state index in [1.807, 2.05) is 12.1 Å². The molecule has 2 aliphatic rings. The minimum atomic E-state index is -0.322. The van der Waals surface area contributed by atoms with E-state index in [1.54, 1.807) is 6.07 Å². The molecule has 2 heterocycles. The second kappa shape index (κ2) is 6.98. The van der Waals surface area contributed by atoms with Crippen molar-refractivity contribution in [2.45, 2.75) is 25.0 Å². The van der Waals surface area contributed by atoms with Crippen LogP contribution in [0.25, 0.3) is 5.57 Å². The molecule has 2 bridgehead atoms. The quantitative estimate of drug-likeness (QED) is 0.843. The van der Waals surface area contributed by atoms with Gasteiger partial charge in [0.05, 0.1) is 26.4 Å². The zero-order valence-electron chi connectivity index (χ0n) is 14.3. The first kappa shape index (κ1) is 16.3. The van der Waals surface area contributed by atoms with Crippen molar-refractivity contribution >= 4 is 5.57 Å². The van der Waals surface area contributed by atoms with Gasteiger partial charge >= 0.3 is 0 Å². The average Bonchev–Trinajstić information content (AvgIpc) is 2.63. The van der Waals surface area contributed by atoms with E-state index >= 15 is 0 Å². The van der Waals surface area contributed by atoms with Crippen molar-refractivity contribution in [3.63, 3.8) is 0 Å². The minimum absolute atomic E-state index is 0.249. The zero-order chi connectivity index (χ0) is 17.2. The highest BCUT2D eigenvalue weighted by molar-refractivity contribution is 5.69. The van der Waals surface area contributed by atoms with Crippen molar-refractivity contribution in [1.29, 1.82) is 0 Å². The van der Waals surface area contributed by atoms with E-state index in [0.717, 1.165) is 25.1 Å². The van der Waals surface area contributed by atoms with Crippen LogP contribution in [0.1, 0.15) is 17.5 Å². The fourth-order valence-electron chi connectivity index (χ4n) is 3.78. The van der Waals surface area contributed by atoms with Crippen molar-refractivity contribution in [3.05, 3.63) is 71.6 Å². The summed E-state index contributed by atoms with van der Waals surface area (Å²) in [4.78, 5) is 2.52. The molecule has 1 fully saturated rings. The highest BCUT2D eigenvalue weighted by Gasteiger charge is 2.34. The SMILES string of the molecule is COc1cc(C2=CC3COCC(C2)N3Cc2ccccc2)ccc1F. The molecule has 2 unspecified atom stereocenters. The van der Waals surface area contributed by atoms with E-state index in [2.05, 4.69) is 35.2 Å². The molecule has 2 aromatic rings. The molecule has 2 aromatic carbocycles. The standard InChI is InChI=1S/C21H22FNO2/c1-24-21-11-16(7-8-20(21)22)17-9-18-13-25-14-19(10-17)23(18)12-15-5-3-2-4-6-15/h2-9,11,18-19H,10,12-14H2,1H3. The van der Waals surface area contributed by atoms with Crippen molar-refractivity contribution in [2.75, 3.05) is 20.3 Å². The van der Waals surface area contributed by atoms with Gasteiger partial charge in [-0.3, -0.25) is 4.90 Å². The fraction of sp³-hybridized carbons (Fsp3) is 0.333. The molecule has 0 amide bonds. The molecule has 130 valence electrons. The van der Waals surface area contributed by atoms with Crippen molar-refractivity contribution in [3.8, 4) is 5.75 Å². The van der Waals surface area contributed by atoms with Gasteiger partial charge in [-0.15, -0.1) is 0 Å². The molecule has 4 heteroatoms. The Balaban J connectivity index is 1.61. The Morgan fingerprint density at radius 3 is 2.76 bits per heavy atom. The lowest BCUT2D eigenvalue weighted by Gasteiger charge is -2.44. The molecule has 2 aliphatic heterocycles. The lowest BCUT2D eigenvalue weighted by atomic mass is 9.89. The summed E-state index contributed by atoms with van der Waals surface area (Å²) in [5.41, 5.74) is 3.61. The lowest BCUT2D eigenvalue weighted by Crippen LogP contribution is -2.53. The van der Waals surface area contributed by atoms with Crippen LogP contribution in [0.3, 0.4) is 0 Å². The Labute approximate surface area is 147 Å². The molecule has 2 atom stereocenters. The molecule has 25 heavy (non-hydrogen) atoms. The Bertz CT molecular complexity index is 775. The third kappa shape index (κ3) is 3.32. The van der Waals surface area contributed by atoms with Gasteiger partial charge < -0.3 is 9.47 Å². The van der Waals surface area contributed by atoms with Gasteiger partial charge in [0.25, 0.3) is 0 Å². The van der Waals surface area contributed by atoms with Crippen LogP contribution in [0, 0.1) is 5.82 Å². The summed E-state index contributed by atoms with van der Waals surface area (Å²) < 4.78 is 24.6. The van der Waals surface area contributed by atoms with Crippen LogP contribution in [0.4, 0.5) is 4.39 Å². The normalized spacial score (nSPS) is 23.2. The minimum Gasteiger partial charge on any atom is -0.494 e. The van der Waals surface area contributed by atoms with Gasteiger partial charge in [0.2, 0.25) is 0 Å². The first-order chi connectivity index (χ1) is 12.2. The summed E-state index contributed by atoms with van der Waals surface area (Å²) in [6.45, 7) is 2.36. The number of morpholine rings is 1. The van der Waals surface area contributed by atoms with Gasteiger partial charge in [-0.2, -0.15) is 0 Å². The fourth-order valence-corrected chi connectivity index (χ4v) is 3.78. The summed E-state index contributed by atoms with van der Waals surface area (Å²) in [7, 11) is 1.50. The molecule has 0 spiro atoms. The van der Waals surface area contributed by atoms with Crippen molar-refractivity contribution in [2.24, 2.45) is 0 Å². The monoisotopic (exact) mass is 339 g/mol. The number of rotatable bonds is 4. The maximum absolute atomic E-state index is 13.7. The molecular formula is C21H22FNO2. The summed E-state index contributed by atoms with van der Waals surface area (Å²) in [5.74, 6) is -0.0246. The van der Waals surface area contributed by atoms with Gasteiger partial charge in [-0.05, 0) is 35.3 Å². The third-order valence-electron chi connectivity index (χ3n) is 5.07. The predicted molar refractivity (Wildman–Crippen MR) is 95.9 cm³/mol.